The molecular formula is C17H11Cl2NO4. The molecule has 7 heteroatoms. The maximum absolute atomic E-state index is 12.4. The molecule has 0 spiro atoms. The largest absolute Gasteiger partial charge is 0.423 e. The molecule has 122 valence electrons. The Bertz CT molecular complexity index is 830. The van der Waals surface area contributed by atoms with Crippen molar-refractivity contribution in [1.82, 2.24) is 4.90 Å². The number of ether oxygens (including phenoxy) is 1. The maximum atomic E-state index is 12.4. The van der Waals surface area contributed by atoms with Crippen LogP contribution in [0.3, 0.4) is 0 Å². The van der Waals surface area contributed by atoms with Crippen molar-refractivity contribution in [3.05, 3.63) is 63.6 Å². The van der Waals surface area contributed by atoms with Gasteiger partial charge in [-0.1, -0.05) is 35.3 Å². The van der Waals surface area contributed by atoms with Gasteiger partial charge in [-0.2, -0.15) is 0 Å². The number of amides is 2. The van der Waals surface area contributed by atoms with Gasteiger partial charge in [0.25, 0.3) is 11.8 Å². The van der Waals surface area contributed by atoms with E-state index in [2.05, 4.69) is 0 Å². The number of benzene rings is 2. The number of nitrogens with zero attached hydrogens (tertiary/aromatic N) is 1. The van der Waals surface area contributed by atoms with Crippen molar-refractivity contribution in [2.45, 2.75) is 13.0 Å². The Morgan fingerprint density at radius 1 is 1.04 bits per heavy atom. The fourth-order valence-corrected chi connectivity index (χ4v) is 2.86. The third-order valence-electron chi connectivity index (χ3n) is 3.66. The van der Waals surface area contributed by atoms with Crippen molar-refractivity contribution in [2.24, 2.45) is 0 Å². The van der Waals surface area contributed by atoms with Crippen LogP contribution < -0.4 is 4.74 Å². The van der Waals surface area contributed by atoms with Crippen LogP contribution in [0.4, 0.5) is 0 Å². The van der Waals surface area contributed by atoms with Gasteiger partial charge >= 0.3 is 5.97 Å². The molecule has 24 heavy (non-hydrogen) atoms. The van der Waals surface area contributed by atoms with Gasteiger partial charge < -0.3 is 4.74 Å². The van der Waals surface area contributed by atoms with E-state index in [4.69, 9.17) is 27.9 Å². The van der Waals surface area contributed by atoms with Crippen LogP contribution in [0.5, 0.6) is 5.75 Å². The predicted octanol–water partition coefficient (Wildman–Crippen LogP) is 3.58. The Kier molecular flexibility index (Phi) is 4.30. The maximum Gasteiger partial charge on any atom is 0.334 e. The molecule has 1 aliphatic heterocycles. The molecule has 3 rings (SSSR count). The summed E-state index contributed by atoms with van der Waals surface area (Å²) in [6.45, 7) is 1.42. The van der Waals surface area contributed by atoms with Gasteiger partial charge in [0.1, 0.15) is 11.8 Å². The lowest BCUT2D eigenvalue weighted by molar-refractivity contribution is -0.138. The summed E-state index contributed by atoms with van der Waals surface area (Å²) in [6, 6.07) is 9.70. The number of esters is 1. The molecule has 5 nitrogen and oxygen atoms in total. The van der Waals surface area contributed by atoms with Crippen molar-refractivity contribution >= 4 is 41.0 Å². The number of rotatable bonds is 3. The Labute approximate surface area is 147 Å². The molecule has 2 aromatic rings. The molecule has 0 unspecified atom stereocenters. The molecule has 2 aromatic carbocycles. The molecule has 0 aromatic heterocycles. The summed E-state index contributed by atoms with van der Waals surface area (Å²) in [6.07, 6.45) is 0. The highest BCUT2D eigenvalue weighted by atomic mass is 35.5. The topological polar surface area (TPSA) is 63.7 Å². The van der Waals surface area contributed by atoms with Gasteiger partial charge in [0.05, 0.1) is 16.1 Å². The summed E-state index contributed by atoms with van der Waals surface area (Å²) < 4.78 is 5.19. The summed E-state index contributed by atoms with van der Waals surface area (Å²) in [5.74, 6) is -1.72. The molecule has 1 heterocycles. The monoisotopic (exact) mass is 363 g/mol. The van der Waals surface area contributed by atoms with Crippen LogP contribution in [-0.4, -0.2) is 28.7 Å². The third-order valence-corrected chi connectivity index (χ3v) is 4.19. The lowest BCUT2D eigenvalue weighted by Crippen LogP contribution is -2.44. The lowest BCUT2D eigenvalue weighted by atomic mass is 10.1. The van der Waals surface area contributed by atoms with E-state index in [1.807, 2.05) is 0 Å². The van der Waals surface area contributed by atoms with E-state index in [-0.39, 0.29) is 21.9 Å². The molecule has 2 amide bonds. The standard InChI is InChI=1S/C17H11Cl2NO4/c1-9(17(23)24-14-7-6-10(18)8-13(14)19)20-15(21)11-4-2-3-5-12(11)16(20)22/h2-9H,1H3/t9-/m1/s1. The Morgan fingerprint density at radius 3 is 2.17 bits per heavy atom. The quantitative estimate of drug-likeness (QED) is 0.474. The second kappa shape index (κ2) is 6.26. The van der Waals surface area contributed by atoms with Crippen LogP contribution in [0, 0.1) is 0 Å². The number of carbonyl (C=O) groups excluding carboxylic acids is 3. The van der Waals surface area contributed by atoms with Crippen LogP contribution in [0.1, 0.15) is 27.6 Å². The van der Waals surface area contributed by atoms with Gasteiger partial charge in [-0.25, -0.2) is 4.79 Å². The van der Waals surface area contributed by atoms with E-state index >= 15 is 0 Å². The summed E-state index contributed by atoms with van der Waals surface area (Å²) in [5.41, 5.74) is 0.540. The molecule has 0 fully saturated rings. The molecule has 0 N–H and O–H groups in total. The van der Waals surface area contributed by atoms with E-state index < -0.39 is 23.8 Å². The number of halogens is 2. The smallest absolute Gasteiger partial charge is 0.334 e. The van der Waals surface area contributed by atoms with Crippen molar-refractivity contribution < 1.29 is 19.1 Å². The average Bonchev–Trinajstić information content (AvgIpc) is 2.81. The van der Waals surface area contributed by atoms with Crippen molar-refractivity contribution in [3.8, 4) is 5.75 Å². The normalized spacial score (nSPS) is 14.5. The summed E-state index contributed by atoms with van der Waals surface area (Å²) >= 11 is 11.7. The zero-order chi connectivity index (χ0) is 17.4. The number of fused-ring (bicyclic) bond motifs is 1. The van der Waals surface area contributed by atoms with Crippen LogP contribution in [0.15, 0.2) is 42.5 Å². The predicted molar refractivity (Wildman–Crippen MR) is 88.5 cm³/mol. The molecule has 0 aliphatic carbocycles. The van der Waals surface area contributed by atoms with Gasteiger partial charge in [0, 0.05) is 5.02 Å². The molecule has 1 atom stereocenters. The van der Waals surface area contributed by atoms with Crippen molar-refractivity contribution in [3.63, 3.8) is 0 Å². The molecule has 0 saturated heterocycles. The highest BCUT2D eigenvalue weighted by Gasteiger charge is 2.41. The second-order valence-corrected chi connectivity index (χ2v) is 6.04. The Morgan fingerprint density at radius 2 is 1.62 bits per heavy atom. The fraction of sp³-hybridized carbons (Fsp3) is 0.118. The van der Waals surface area contributed by atoms with E-state index in [1.54, 1.807) is 24.3 Å². The summed E-state index contributed by atoms with van der Waals surface area (Å²) in [4.78, 5) is 37.9. The number of carbonyl (C=O) groups is 3. The van der Waals surface area contributed by atoms with Gasteiger partial charge in [0.15, 0.2) is 0 Å². The summed E-state index contributed by atoms with van der Waals surface area (Å²) in [5, 5.41) is 0.554. The fourth-order valence-electron chi connectivity index (χ4n) is 2.42. The van der Waals surface area contributed by atoms with E-state index in [0.29, 0.717) is 5.02 Å². The highest BCUT2D eigenvalue weighted by Crippen LogP contribution is 2.29. The SMILES string of the molecule is C[C@H](C(=O)Oc1ccc(Cl)cc1Cl)N1C(=O)c2ccccc2C1=O. The van der Waals surface area contributed by atoms with Crippen LogP contribution in [0.2, 0.25) is 10.0 Å². The van der Waals surface area contributed by atoms with Gasteiger partial charge in [-0.15, -0.1) is 0 Å². The number of hydrogen-bond acceptors (Lipinski definition) is 4. The first-order chi connectivity index (χ1) is 11.4. The minimum absolute atomic E-state index is 0.106. The van der Waals surface area contributed by atoms with Crippen LogP contribution in [-0.2, 0) is 4.79 Å². The Hall–Kier alpha value is -2.37. The number of imide groups is 1. The van der Waals surface area contributed by atoms with Crippen molar-refractivity contribution in [1.29, 1.82) is 0 Å². The summed E-state index contributed by atoms with van der Waals surface area (Å²) in [7, 11) is 0. The van der Waals surface area contributed by atoms with Gasteiger partial charge in [0.2, 0.25) is 0 Å². The van der Waals surface area contributed by atoms with Gasteiger partial charge in [-0.05, 0) is 37.3 Å². The first-order valence-electron chi connectivity index (χ1n) is 7.04. The zero-order valence-corrected chi connectivity index (χ0v) is 14.0. The molecule has 0 radical (unpaired) electrons. The molecule has 1 aliphatic rings. The Balaban J connectivity index is 1.82. The minimum atomic E-state index is -1.09. The van der Waals surface area contributed by atoms with E-state index in [1.165, 1.54) is 25.1 Å². The van der Waals surface area contributed by atoms with E-state index in [0.717, 1.165) is 4.90 Å². The zero-order valence-electron chi connectivity index (χ0n) is 12.5. The molecular weight excluding hydrogens is 353 g/mol. The van der Waals surface area contributed by atoms with Crippen LogP contribution in [0.25, 0.3) is 0 Å². The van der Waals surface area contributed by atoms with Crippen molar-refractivity contribution in [2.75, 3.05) is 0 Å². The van der Waals surface area contributed by atoms with E-state index in [9.17, 15) is 14.4 Å². The van der Waals surface area contributed by atoms with Gasteiger partial charge in [-0.3, -0.25) is 14.5 Å². The first-order valence-corrected chi connectivity index (χ1v) is 7.79. The second-order valence-electron chi connectivity index (χ2n) is 5.20. The third kappa shape index (κ3) is 2.77. The minimum Gasteiger partial charge on any atom is -0.423 e. The average molecular weight is 364 g/mol. The first kappa shape index (κ1) is 16.5. The number of hydrogen-bond donors (Lipinski definition) is 0. The molecule has 0 saturated carbocycles. The van der Waals surface area contributed by atoms with Crippen LogP contribution >= 0.6 is 23.2 Å². The highest BCUT2D eigenvalue weighted by molar-refractivity contribution is 6.35. The molecule has 0 bridgehead atoms. The lowest BCUT2D eigenvalue weighted by Gasteiger charge is -2.21.